The van der Waals surface area contributed by atoms with Crippen LogP contribution < -0.4 is 10.0 Å². The molecule has 1 saturated heterocycles. The van der Waals surface area contributed by atoms with Gasteiger partial charge in [-0.15, -0.1) is 0 Å². The molecule has 0 aromatic rings. The standard InChI is InChI=1S/C14H28N2O2S/c1-12(14-9-5-6-10-15-14)16-19(17,18)11-13-7-3-2-4-8-13/h12-16H,2-11H2,1H3. The first-order chi connectivity index (χ1) is 9.07. The van der Waals surface area contributed by atoms with E-state index in [1.807, 2.05) is 6.92 Å². The minimum absolute atomic E-state index is 0.00823. The van der Waals surface area contributed by atoms with Crippen LogP contribution in [0.5, 0.6) is 0 Å². The minimum atomic E-state index is -3.12. The molecule has 1 saturated carbocycles. The zero-order valence-corrected chi connectivity index (χ0v) is 12.8. The second-order valence-electron chi connectivity index (χ2n) is 6.25. The summed E-state index contributed by atoms with van der Waals surface area (Å²) in [6, 6.07) is 0.309. The van der Waals surface area contributed by atoms with Gasteiger partial charge in [0.1, 0.15) is 0 Å². The second-order valence-corrected chi connectivity index (χ2v) is 8.05. The van der Waals surface area contributed by atoms with Gasteiger partial charge in [-0.05, 0) is 45.1 Å². The van der Waals surface area contributed by atoms with Gasteiger partial charge in [-0.2, -0.15) is 0 Å². The Bertz CT molecular complexity index is 358. The third-order valence-corrected chi connectivity index (χ3v) is 6.14. The van der Waals surface area contributed by atoms with E-state index >= 15 is 0 Å². The maximum atomic E-state index is 12.2. The lowest BCUT2D eigenvalue weighted by Crippen LogP contribution is -2.50. The SMILES string of the molecule is CC(NS(=O)(=O)CC1CCCCC1)C1CCCCN1. The van der Waals surface area contributed by atoms with Gasteiger partial charge in [0.15, 0.2) is 0 Å². The van der Waals surface area contributed by atoms with Crippen molar-refractivity contribution in [2.24, 2.45) is 5.92 Å². The molecule has 2 fully saturated rings. The van der Waals surface area contributed by atoms with Gasteiger partial charge in [-0.25, -0.2) is 13.1 Å². The van der Waals surface area contributed by atoms with Crippen LogP contribution in [0.25, 0.3) is 0 Å². The Kier molecular flexibility index (Phi) is 5.66. The van der Waals surface area contributed by atoms with Gasteiger partial charge in [0.2, 0.25) is 10.0 Å². The number of hydrogen-bond acceptors (Lipinski definition) is 3. The normalized spacial score (nSPS) is 28.2. The molecule has 0 spiro atoms. The van der Waals surface area contributed by atoms with Gasteiger partial charge in [-0.1, -0.05) is 25.7 Å². The van der Waals surface area contributed by atoms with Gasteiger partial charge in [0.05, 0.1) is 5.75 Å². The third kappa shape index (κ3) is 5.04. The summed E-state index contributed by atoms with van der Waals surface area (Å²) in [7, 11) is -3.12. The highest BCUT2D eigenvalue weighted by molar-refractivity contribution is 7.89. The van der Waals surface area contributed by atoms with Crippen molar-refractivity contribution in [1.82, 2.24) is 10.0 Å². The van der Waals surface area contributed by atoms with Gasteiger partial charge in [-0.3, -0.25) is 0 Å². The van der Waals surface area contributed by atoms with Crippen LogP contribution in [0.3, 0.4) is 0 Å². The molecular weight excluding hydrogens is 260 g/mol. The number of sulfonamides is 1. The highest BCUT2D eigenvalue weighted by Crippen LogP contribution is 2.24. The second kappa shape index (κ2) is 7.04. The smallest absolute Gasteiger partial charge is 0.212 e. The van der Waals surface area contributed by atoms with E-state index in [0.29, 0.717) is 17.7 Å². The Morgan fingerprint density at radius 2 is 1.79 bits per heavy atom. The van der Waals surface area contributed by atoms with E-state index in [1.54, 1.807) is 0 Å². The first-order valence-electron chi connectivity index (χ1n) is 7.80. The first kappa shape index (κ1) is 15.3. The highest BCUT2D eigenvalue weighted by atomic mass is 32.2. The van der Waals surface area contributed by atoms with Crippen LogP contribution in [0.15, 0.2) is 0 Å². The van der Waals surface area contributed by atoms with Crippen LogP contribution in [0.2, 0.25) is 0 Å². The Labute approximate surface area is 117 Å². The zero-order valence-electron chi connectivity index (χ0n) is 12.0. The summed E-state index contributed by atoms with van der Waals surface area (Å²) < 4.78 is 27.3. The van der Waals surface area contributed by atoms with Crippen molar-refractivity contribution in [3.05, 3.63) is 0 Å². The van der Waals surface area contributed by atoms with Crippen LogP contribution in [-0.2, 0) is 10.0 Å². The summed E-state index contributed by atoms with van der Waals surface area (Å²) in [4.78, 5) is 0. The summed E-state index contributed by atoms with van der Waals surface area (Å²) in [5, 5.41) is 3.42. The van der Waals surface area contributed by atoms with E-state index in [4.69, 9.17) is 0 Å². The molecule has 0 aromatic carbocycles. The number of hydrogen-bond donors (Lipinski definition) is 2. The lowest BCUT2D eigenvalue weighted by Gasteiger charge is -2.30. The highest BCUT2D eigenvalue weighted by Gasteiger charge is 2.26. The van der Waals surface area contributed by atoms with Gasteiger partial charge >= 0.3 is 0 Å². The fraction of sp³-hybridized carbons (Fsp3) is 1.00. The maximum Gasteiger partial charge on any atom is 0.212 e. The Morgan fingerprint density at radius 1 is 1.11 bits per heavy atom. The molecule has 1 aliphatic carbocycles. The van der Waals surface area contributed by atoms with E-state index in [-0.39, 0.29) is 6.04 Å². The molecule has 2 N–H and O–H groups in total. The molecule has 0 amide bonds. The lowest BCUT2D eigenvalue weighted by molar-refractivity contribution is 0.344. The Hall–Kier alpha value is -0.130. The molecule has 2 rings (SSSR count). The van der Waals surface area contributed by atoms with Crippen molar-refractivity contribution in [1.29, 1.82) is 0 Å². The number of piperidine rings is 1. The molecule has 112 valence electrons. The van der Waals surface area contributed by atoms with Crippen molar-refractivity contribution >= 4 is 10.0 Å². The monoisotopic (exact) mass is 288 g/mol. The van der Waals surface area contributed by atoms with Crippen molar-refractivity contribution < 1.29 is 8.42 Å². The molecule has 19 heavy (non-hydrogen) atoms. The van der Waals surface area contributed by atoms with E-state index < -0.39 is 10.0 Å². The molecule has 0 bridgehead atoms. The van der Waals surface area contributed by atoms with Crippen LogP contribution in [-0.4, -0.2) is 32.8 Å². The molecule has 2 unspecified atom stereocenters. The summed E-state index contributed by atoms with van der Waals surface area (Å²) in [6.07, 6.45) is 9.30. The van der Waals surface area contributed by atoms with E-state index in [9.17, 15) is 8.42 Å². The molecular formula is C14H28N2O2S. The Balaban J connectivity index is 1.81. The molecule has 0 radical (unpaired) electrons. The van der Waals surface area contributed by atoms with Crippen LogP contribution in [0, 0.1) is 5.92 Å². The minimum Gasteiger partial charge on any atom is -0.312 e. The molecule has 4 nitrogen and oxygen atoms in total. The van der Waals surface area contributed by atoms with Crippen molar-refractivity contribution in [3.63, 3.8) is 0 Å². The average molecular weight is 288 g/mol. The molecule has 5 heteroatoms. The molecule has 2 aliphatic rings. The van der Waals surface area contributed by atoms with E-state index in [2.05, 4.69) is 10.0 Å². The first-order valence-corrected chi connectivity index (χ1v) is 9.45. The van der Waals surface area contributed by atoms with E-state index in [0.717, 1.165) is 25.8 Å². The fourth-order valence-electron chi connectivity index (χ4n) is 3.38. The third-order valence-electron chi connectivity index (χ3n) is 4.50. The Morgan fingerprint density at radius 3 is 2.42 bits per heavy atom. The van der Waals surface area contributed by atoms with Crippen LogP contribution >= 0.6 is 0 Å². The van der Waals surface area contributed by atoms with Crippen LogP contribution in [0.1, 0.15) is 58.3 Å². The molecule has 1 aliphatic heterocycles. The topological polar surface area (TPSA) is 58.2 Å². The molecule has 1 heterocycles. The maximum absolute atomic E-state index is 12.2. The summed E-state index contributed by atoms with van der Waals surface area (Å²) in [6.45, 7) is 3.00. The number of rotatable bonds is 5. The average Bonchev–Trinajstić information content (AvgIpc) is 2.39. The van der Waals surface area contributed by atoms with Gasteiger partial charge < -0.3 is 5.32 Å². The predicted molar refractivity (Wildman–Crippen MR) is 78.6 cm³/mol. The zero-order chi connectivity index (χ0) is 13.7. The summed E-state index contributed by atoms with van der Waals surface area (Å²) >= 11 is 0. The predicted octanol–water partition coefficient (Wildman–Crippen LogP) is 2.02. The van der Waals surface area contributed by atoms with Gasteiger partial charge in [0.25, 0.3) is 0 Å². The molecule has 2 atom stereocenters. The largest absolute Gasteiger partial charge is 0.312 e. The van der Waals surface area contributed by atoms with Crippen LogP contribution in [0.4, 0.5) is 0 Å². The summed E-state index contributed by atoms with van der Waals surface area (Å²) in [5.74, 6) is 0.696. The summed E-state index contributed by atoms with van der Waals surface area (Å²) in [5.41, 5.74) is 0. The fourth-order valence-corrected chi connectivity index (χ4v) is 5.16. The van der Waals surface area contributed by atoms with Gasteiger partial charge in [0, 0.05) is 12.1 Å². The quantitative estimate of drug-likeness (QED) is 0.813. The number of nitrogens with one attached hydrogen (secondary N) is 2. The van der Waals surface area contributed by atoms with Crippen molar-refractivity contribution in [2.75, 3.05) is 12.3 Å². The van der Waals surface area contributed by atoms with Crippen molar-refractivity contribution in [2.45, 2.75) is 70.4 Å². The lowest BCUT2D eigenvalue weighted by atomic mass is 9.91. The van der Waals surface area contributed by atoms with Crippen molar-refractivity contribution in [3.8, 4) is 0 Å². The van der Waals surface area contributed by atoms with E-state index in [1.165, 1.54) is 32.1 Å². The molecule has 0 aromatic heterocycles.